The number of hydrogen-bond acceptors (Lipinski definition) is 28. The van der Waals surface area contributed by atoms with E-state index in [1.165, 1.54) is 44.2 Å². The molecule has 5 fully saturated rings. The smallest absolute Gasteiger partial charge is 0.181 e. The standard InChI is InChI=1S/C8H20N4.C8H20N2O2.C6H15N3.C6H14N2O2.C5H15N3.C5H12N2O.C4H12NO2.2C3H9NO2.CH2O2/c1-9-7-11-3-5-12(6-4-11)8-10-2;1-9(7-11)3-5-10(2,8-12)6-4-9;1-7-6-9-4-2-8-3-5-9;9-5-7-1-2-8(6-10)4-3-7;1-6-4-8(3)5-7-2;8-5-7-3-1-6-2-4-7;1-5(2,3-6)4-7;2*1-4(2-5)3-6;2-1-3/h9-10H,3-8H2,1-2H3;11-12H,3-8H2,1-2H3;7-8H,2-6H2,1H3;9-10H,1-6H2;6-7H,4-5H2,1-3H3;6,8H,1-5H2;6-7H,3-4H2,1-2H3;2*5-6H,2-3H2,1H3;1H,(H,2,3)/q;+2;;;;;+1;;;. The summed E-state index contributed by atoms with van der Waals surface area (Å²) in [5.74, 6) is 0. The summed E-state index contributed by atoms with van der Waals surface area (Å²) in [7, 11) is 22.8. The lowest BCUT2D eigenvalue weighted by Gasteiger charge is -2.44. The second kappa shape index (κ2) is 61.4. The number of rotatable bonds is 21. The lowest BCUT2D eigenvalue weighted by atomic mass is 10.2. The molecule has 81 heavy (non-hydrogen) atoms. The average Bonchev–Trinajstić information content (AvgIpc) is 3.50. The SMILES string of the molecule is CN(CO)CO.CNCN(C)CNC.CNCN1CCN(CNC)CC1.CNCN1CCNCC1.C[N+](C)(CO)CO.C[N+]1(CO)CC[N+](C)(CO)CC1.C[NH+](CO)CO.O=C[O-].OCN1CCN(CO)CC1.OCN1CCNCC1. The van der Waals surface area contributed by atoms with Crippen molar-refractivity contribution < 1.29 is 84.4 Å². The number of nitrogens with zero attached hydrogens (tertiary/aromatic N) is 11. The van der Waals surface area contributed by atoms with Gasteiger partial charge in [-0.15, -0.1) is 0 Å². The summed E-state index contributed by atoms with van der Waals surface area (Å²) in [5, 5.41) is 124. The van der Waals surface area contributed by atoms with E-state index in [-0.39, 0.29) is 78.5 Å². The van der Waals surface area contributed by atoms with Crippen LogP contribution in [0.1, 0.15) is 0 Å². The van der Waals surface area contributed by atoms with E-state index < -0.39 is 6.47 Å². The lowest BCUT2D eigenvalue weighted by molar-refractivity contribution is -1.03. The van der Waals surface area contributed by atoms with Crippen LogP contribution in [-0.4, -0.2) is 438 Å². The molecule has 0 unspecified atom stereocenters. The summed E-state index contributed by atoms with van der Waals surface area (Å²) in [6.45, 7) is 25.7. The molecule has 5 aliphatic rings. The summed E-state index contributed by atoms with van der Waals surface area (Å²) in [6.07, 6.45) is 0. The van der Waals surface area contributed by atoms with Gasteiger partial charge in [-0.2, -0.15) is 0 Å². The third kappa shape index (κ3) is 57.1. The van der Waals surface area contributed by atoms with Crippen LogP contribution in [0.15, 0.2) is 0 Å². The van der Waals surface area contributed by atoms with Gasteiger partial charge < -0.3 is 103 Å². The molecule has 5 heterocycles. The van der Waals surface area contributed by atoms with Crippen molar-refractivity contribution in [3.63, 3.8) is 0 Å². The molecule has 0 atom stereocenters. The molecule has 0 aromatic carbocycles. The molecule has 5 rings (SSSR count). The van der Waals surface area contributed by atoms with Crippen LogP contribution in [0, 0.1) is 0 Å². The maximum Gasteiger partial charge on any atom is 0.181 e. The Balaban J connectivity index is -0.000000268. The third-order valence-electron chi connectivity index (χ3n) is 12.8. The highest BCUT2D eigenvalue weighted by molar-refractivity contribution is 5.29. The first kappa shape index (κ1) is 88.0. The fourth-order valence-corrected chi connectivity index (χ4v) is 6.78. The van der Waals surface area contributed by atoms with Crippen molar-refractivity contribution in [1.29, 1.82) is 0 Å². The molecule has 494 valence electrons. The molecule has 5 saturated heterocycles. The molecule has 0 amide bonds. The van der Waals surface area contributed by atoms with Crippen molar-refractivity contribution in [3.8, 4) is 0 Å². The molecule has 0 radical (unpaired) electrons. The zero-order valence-electron chi connectivity index (χ0n) is 52.7. The molecular weight excluding hydrogens is 1060 g/mol. The van der Waals surface area contributed by atoms with Gasteiger partial charge in [0, 0.05) is 145 Å². The van der Waals surface area contributed by atoms with E-state index in [0.717, 1.165) is 134 Å². The van der Waals surface area contributed by atoms with E-state index in [1.807, 2.05) is 57.0 Å². The number of likely N-dealkylation sites (N-methyl/N-ethyl adjacent to an activating group) is 2. The van der Waals surface area contributed by atoms with Gasteiger partial charge in [-0.25, -0.2) is 0 Å². The summed E-state index contributed by atoms with van der Waals surface area (Å²) in [5.41, 5.74) is 0. The maximum atomic E-state index is 9.10. The number of carboxylic acid groups (broad SMARTS) is 1. The molecule has 32 heteroatoms. The normalized spacial score (nSPS) is 21.0. The quantitative estimate of drug-likeness (QED) is 0.0288. The maximum absolute atomic E-state index is 9.10. The number of nitrogens with one attached hydrogen (secondary N) is 8. The Morgan fingerprint density at radius 3 is 0.926 bits per heavy atom. The van der Waals surface area contributed by atoms with Crippen LogP contribution in [-0.2, 0) is 4.79 Å². The van der Waals surface area contributed by atoms with Crippen LogP contribution < -0.4 is 47.2 Å². The monoisotopic (exact) mass is 1190 g/mol. The van der Waals surface area contributed by atoms with Crippen molar-refractivity contribution in [3.05, 3.63) is 0 Å². The second-order valence-corrected chi connectivity index (χ2v) is 21.2. The highest BCUT2D eigenvalue weighted by atomic mass is 16.3. The predicted octanol–water partition coefficient (Wildman–Crippen LogP) is -13.0. The Bertz CT molecular complexity index is 1170. The number of piperazine rings is 5. The van der Waals surface area contributed by atoms with Gasteiger partial charge >= 0.3 is 0 Å². The number of carbonyl (C=O) groups excluding carboxylic acids is 1. The van der Waals surface area contributed by atoms with Crippen molar-refractivity contribution in [1.82, 2.24) is 76.4 Å². The van der Waals surface area contributed by atoms with Gasteiger partial charge in [-0.3, -0.25) is 57.5 Å². The Hall–Kier alpha value is -1.73. The number of hydrogen-bond donors (Lipinski definition) is 19. The Morgan fingerprint density at radius 1 is 0.494 bits per heavy atom. The zero-order valence-corrected chi connectivity index (χ0v) is 52.7. The van der Waals surface area contributed by atoms with Crippen LogP contribution >= 0.6 is 0 Å². The van der Waals surface area contributed by atoms with Gasteiger partial charge in [0.15, 0.2) is 40.4 Å². The molecule has 32 nitrogen and oxygen atoms in total. The van der Waals surface area contributed by atoms with Crippen LogP contribution in [0.4, 0.5) is 0 Å². The van der Waals surface area contributed by atoms with Gasteiger partial charge in [0.05, 0.1) is 68.9 Å². The van der Waals surface area contributed by atoms with E-state index in [9.17, 15) is 0 Å². The molecule has 0 saturated carbocycles. The summed E-state index contributed by atoms with van der Waals surface area (Å²) < 4.78 is 1.71. The Labute approximate surface area is 489 Å². The highest BCUT2D eigenvalue weighted by Gasteiger charge is 2.36. The van der Waals surface area contributed by atoms with E-state index in [1.54, 1.807) is 28.2 Å². The highest BCUT2D eigenvalue weighted by Crippen LogP contribution is 2.13. The van der Waals surface area contributed by atoms with E-state index in [0.29, 0.717) is 4.90 Å². The van der Waals surface area contributed by atoms with Gasteiger partial charge in [0.25, 0.3) is 0 Å². The summed E-state index contributed by atoms with van der Waals surface area (Å²) in [6, 6.07) is 0. The summed E-state index contributed by atoms with van der Waals surface area (Å²) in [4.78, 5) is 25.6. The van der Waals surface area contributed by atoms with E-state index in [2.05, 4.69) is 70.9 Å². The van der Waals surface area contributed by atoms with Crippen molar-refractivity contribution in [2.75, 3.05) is 323 Å². The molecule has 0 aromatic rings. The summed E-state index contributed by atoms with van der Waals surface area (Å²) >= 11 is 0. The predicted molar refractivity (Wildman–Crippen MR) is 315 cm³/mol. The molecule has 0 aromatic heterocycles. The van der Waals surface area contributed by atoms with Crippen LogP contribution in [0.3, 0.4) is 0 Å². The molecule has 19 N–H and O–H groups in total. The fourth-order valence-electron chi connectivity index (χ4n) is 6.78. The average molecular weight is 1190 g/mol. The first-order valence-corrected chi connectivity index (χ1v) is 28.0. The third-order valence-corrected chi connectivity index (χ3v) is 12.8. The van der Waals surface area contributed by atoms with Gasteiger partial charge in [0.1, 0.15) is 26.2 Å². The fraction of sp³-hybridized carbons (Fsp3) is 0.980. The largest absolute Gasteiger partial charge is 0.554 e. The second-order valence-electron chi connectivity index (χ2n) is 21.2. The minimum absolute atomic E-state index is 0.00347. The van der Waals surface area contributed by atoms with Crippen LogP contribution in [0.2, 0.25) is 0 Å². The lowest BCUT2D eigenvalue weighted by Crippen LogP contribution is -3.09. The van der Waals surface area contributed by atoms with Gasteiger partial charge in [-0.05, 0) is 49.3 Å². The molecule has 0 aliphatic carbocycles. The Morgan fingerprint density at radius 2 is 0.753 bits per heavy atom. The number of carbonyl (C=O) groups is 1. The van der Waals surface area contributed by atoms with Crippen molar-refractivity contribution in [2.24, 2.45) is 0 Å². The number of aliphatic hydroxyl groups excluding tert-OH is 11. The number of aliphatic hydroxyl groups is 11. The number of quaternary nitrogens is 4. The Kier molecular flexibility index (Phi) is 66.7. The molecule has 0 bridgehead atoms. The molecular formula is C49H128N19O13+3. The zero-order chi connectivity index (χ0) is 62.8. The van der Waals surface area contributed by atoms with E-state index >= 15 is 0 Å². The first-order chi connectivity index (χ1) is 38.6. The van der Waals surface area contributed by atoms with Crippen molar-refractivity contribution in [2.45, 2.75) is 0 Å². The van der Waals surface area contributed by atoms with Crippen molar-refractivity contribution >= 4 is 6.47 Å². The molecule has 0 spiro atoms. The van der Waals surface area contributed by atoms with Gasteiger partial charge in [0.2, 0.25) is 0 Å². The topological polar surface area (TPSA) is 377 Å². The minimum Gasteiger partial charge on any atom is -0.554 e. The van der Waals surface area contributed by atoms with Crippen LogP contribution in [0.25, 0.3) is 0 Å². The van der Waals surface area contributed by atoms with E-state index in [4.69, 9.17) is 66.1 Å². The minimum atomic E-state index is -0.500. The first-order valence-electron chi connectivity index (χ1n) is 28.0. The van der Waals surface area contributed by atoms with Crippen LogP contribution in [0.5, 0.6) is 0 Å². The van der Waals surface area contributed by atoms with Gasteiger partial charge in [-0.1, -0.05) is 0 Å². The molecule has 5 aliphatic heterocycles.